The standard InChI is InChI=1S/C9H16N2O3/c1-11(2)8(12)4-6-10-7-5-9(13)14-3/h5,7,10H,4,6H2,1-3H3/b7-5+. The molecule has 80 valence electrons. The fourth-order valence-electron chi connectivity index (χ4n) is 0.681. The molecular formula is C9H16N2O3. The predicted octanol–water partition coefficient (Wildman–Crippen LogP) is -0.259. The van der Waals surface area contributed by atoms with Crippen LogP contribution in [-0.4, -0.2) is 44.5 Å². The van der Waals surface area contributed by atoms with Gasteiger partial charge in [0, 0.05) is 39.3 Å². The summed E-state index contributed by atoms with van der Waals surface area (Å²) in [5.74, 6) is -0.375. The molecule has 5 nitrogen and oxygen atoms in total. The first kappa shape index (κ1) is 12.5. The Morgan fingerprint density at radius 2 is 2.07 bits per heavy atom. The van der Waals surface area contributed by atoms with Gasteiger partial charge in [-0.1, -0.05) is 0 Å². The van der Waals surface area contributed by atoms with Gasteiger partial charge < -0.3 is 15.0 Å². The quantitative estimate of drug-likeness (QED) is 0.377. The van der Waals surface area contributed by atoms with E-state index in [-0.39, 0.29) is 5.91 Å². The minimum atomic E-state index is -0.420. The average Bonchev–Trinajstić information content (AvgIpc) is 2.16. The lowest BCUT2D eigenvalue weighted by Crippen LogP contribution is -2.25. The van der Waals surface area contributed by atoms with Gasteiger partial charge in [0.1, 0.15) is 0 Å². The normalized spacial score (nSPS) is 9.93. The zero-order valence-electron chi connectivity index (χ0n) is 8.74. The van der Waals surface area contributed by atoms with Crippen LogP contribution in [0.5, 0.6) is 0 Å². The van der Waals surface area contributed by atoms with Gasteiger partial charge in [-0.3, -0.25) is 4.79 Å². The number of nitrogens with one attached hydrogen (secondary N) is 1. The van der Waals surface area contributed by atoms with Gasteiger partial charge in [0.15, 0.2) is 0 Å². The van der Waals surface area contributed by atoms with Crippen molar-refractivity contribution in [2.45, 2.75) is 6.42 Å². The second-order valence-corrected chi connectivity index (χ2v) is 2.85. The van der Waals surface area contributed by atoms with Crippen LogP contribution in [0.1, 0.15) is 6.42 Å². The number of rotatable bonds is 5. The zero-order valence-corrected chi connectivity index (χ0v) is 8.74. The Bertz CT molecular complexity index is 224. The Kier molecular flexibility index (Phi) is 6.19. The molecule has 14 heavy (non-hydrogen) atoms. The van der Waals surface area contributed by atoms with Crippen molar-refractivity contribution in [1.82, 2.24) is 10.2 Å². The fraction of sp³-hybridized carbons (Fsp3) is 0.556. The summed E-state index contributed by atoms with van der Waals surface area (Å²) in [7, 11) is 4.71. The monoisotopic (exact) mass is 200 g/mol. The lowest BCUT2D eigenvalue weighted by molar-refractivity contribution is -0.134. The van der Waals surface area contributed by atoms with Crippen molar-refractivity contribution in [3.8, 4) is 0 Å². The van der Waals surface area contributed by atoms with E-state index in [1.54, 1.807) is 14.1 Å². The van der Waals surface area contributed by atoms with Crippen LogP contribution in [-0.2, 0) is 14.3 Å². The third kappa shape index (κ3) is 6.05. The van der Waals surface area contributed by atoms with Crippen LogP contribution in [0.15, 0.2) is 12.3 Å². The molecule has 0 heterocycles. The number of methoxy groups -OCH3 is 1. The Labute approximate surface area is 83.7 Å². The molecule has 0 bridgehead atoms. The maximum atomic E-state index is 11.1. The molecule has 0 aliphatic heterocycles. The molecule has 0 aliphatic rings. The lowest BCUT2D eigenvalue weighted by atomic mass is 10.4. The second kappa shape index (κ2) is 6.94. The number of ether oxygens (including phenoxy) is 1. The van der Waals surface area contributed by atoms with Crippen LogP contribution in [0.3, 0.4) is 0 Å². The van der Waals surface area contributed by atoms with Crippen LogP contribution in [0.2, 0.25) is 0 Å². The summed E-state index contributed by atoms with van der Waals surface area (Å²) in [6.07, 6.45) is 3.13. The minimum Gasteiger partial charge on any atom is -0.466 e. The van der Waals surface area contributed by atoms with Crippen molar-refractivity contribution in [2.75, 3.05) is 27.7 Å². The van der Waals surface area contributed by atoms with E-state index in [4.69, 9.17) is 0 Å². The number of nitrogens with zero attached hydrogens (tertiary/aromatic N) is 1. The summed E-state index contributed by atoms with van der Waals surface area (Å²) in [6, 6.07) is 0. The first-order valence-electron chi connectivity index (χ1n) is 4.26. The predicted molar refractivity (Wildman–Crippen MR) is 52.5 cm³/mol. The van der Waals surface area contributed by atoms with Crippen molar-refractivity contribution in [3.63, 3.8) is 0 Å². The van der Waals surface area contributed by atoms with E-state index in [1.165, 1.54) is 24.3 Å². The smallest absolute Gasteiger partial charge is 0.331 e. The van der Waals surface area contributed by atoms with Gasteiger partial charge in [0.25, 0.3) is 0 Å². The van der Waals surface area contributed by atoms with Crippen molar-refractivity contribution >= 4 is 11.9 Å². The van der Waals surface area contributed by atoms with Gasteiger partial charge in [0.05, 0.1) is 7.11 Å². The van der Waals surface area contributed by atoms with Crippen molar-refractivity contribution < 1.29 is 14.3 Å². The molecule has 5 heteroatoms. The van der Waals surface area contributed by atoms with E-state index >= 15 is 0 Å². The molecule has 0 unspecified atom stereocenters. The number of carbonyl (C=O) groups excluding carboxylic acids is 2. The van der Waals surface area contributed by atoms with E-state index in [2.05, 4.69) is 10.1 Å². The van der Waals surface area contributed by atoms with Gasteiger partial charge in [-0.25, -0.2) is 4.79 Å². The molecule has 1 N–H and O–H groups in total. The summed E-state index contributed by atoms with van der Waals surface area (Å²) >= 11 is 0. The van der Waals surface area contributed by atoms with Gasteiger partial charge in [-0.05, 0) is 0 Å². The highest BCUT2D eigenvalue weighted by molar-refractivity contribution is 5.81. The van der Waals surface area contributed by atoms with Crippen LogP contribution in [0, 0.1) is 0 Å². The fourth-order valence-corrected chi connectivity index (χ4v) is 0.681. The summed E-state index contributed by atoms with van der Waals surface area (Å²) < 4.78 is 4.38. The third-order valence-corrected chi connectivity index (χ3v) is 1.52. The van der Waals surface area contributed by atoms with Crippen molar-refractivity contribution in [1.29, 1.82) is 0 Å². The van der Waals surface area contributed by atoms with E-state index in [9.17, 15) is 9.59 Å². The molecular weight excluding hydrogens is 184 g/mol. The molecule has 0 rings (SSSR count). The highest BCUT2D eigenvalue weighted by Crippen LogP contribution is 1.84. The molecule has 0 spiro atoms. The Morgan fingerprint density at radius 3 is 2.57 bits per heavy atom. The van der Waals surface area contributed by atoms with Gasteiger partial charge >= 0.3 is 5.97 Å². The number of hydrogen-bond donors (Lipinski definition) is 1. The van der Waals surface area contributed by atoms with Crippen molar-refractivity contribution in [3.05, 3.63) is 12.3 Å². The number of hydrogen-bond acceptors (Lipinski definition) is 4. The molecule has 0 aliphatic carbocycles. The van der Waals surface area contributed by atoms with Crippen LogP contribution < -0.4 is 5.32 Å². The maximum Gasteiger partial charge on any atom is 0.331 e. The van der Waals surface area contributed by atoms with Gasteiger partial charge in [0.2, 0.25) is 5.91 Å². The van der Waals surface area contributed by atoms with Crippen LogP contribution >= 0.6 is 0 Å². The summed E-state index contributed by atoms with van der Waals surface area (Å²) in [6.45, 7) is 0.504. The summed E-state index contributed by atoms with van der Waals surface area (Å²) in [5, 5.41) is 2.81. The third-order valence-electron chi connectivity index (χ3n) is 1.52. The Balaban J connectivity index is 3.51. The first-order chi connectivity index (χ1) is 6.57. The number of esters is 1. The topological polar surface area (TPSA) is 58.6 Å². The van der Waals surface area contributed by atoms with Gasteiger partial charge in [-0.15, -0.1) is 0 Å². The first-order valence-corrected chi connectivity index (χ1v) is 4.26. The minimum absolute atomic E-state index is 0.0453. The summed E-state index contributed by atoms with van der Waals surface area (Å²) in [5.41, 5.74) is 0. The molecule has 0 radical (unpaired) electrons. The maximum absolute atomic E-state index is 11.1. The van der Waals surface area contributed by atoms with E-state index in [1.807, 2.05) is 0 Å². The van der Waals surface area contributed by atoms with Crippen LogP contribution in [0.4, 0.5) is 0 Å². The highest BCUT2D eigenvalue weighted by Gasteiger charge is 2.01. The lowest BCUT2D eigenvalue weighted by Gasteiger charge is -2.09. The summed E-state index contributed by atoms with van der Waals surface area (Å²) in [4.78, 5) is 23.2. The molecule has 0 aromatic rings. The van der Waals surface area contributed by atoms with E-state index < -0.39 is 5.97 Å². The van der Waals surface area contributed by atoms with Crippen LogP contribution in [0.25, 0.3) is 0 Å². The zero-order chi connectivity index (χ0) is 11.0. The van der Waals surface area contributed by atoms with E-state index in [0.717, 1.165) is 0 Å². The molecule has 0 saturated carbocycles. The largest absolute Gasteiger partial charge is 0.466 e. The van der Waals surface area contributed by atoms with Gasteiger partial charge in [-0.2, -0.15) is 0 Å². The number of amides is 1. The highest BCUT2D eigenvalue weighted by atomic mass is 16.5. The Morgan fingerprint density at radius 1 is 1.43 bits per heavy atom. The molecule has 0 atom stereocenters. The Hall–Kier alpha value is -1.52. The average molecular weight is 200 g/mol. The molecule has 1 amide bonds. The molecule has 0 fully saturated rings. The van der Waals surface area contributed by atoms with E-state index in [0.29, 0.717) is 13.0 Å². The number of carbonyl (C=O) groups is 2. The van der Waals surface area contributed by atoms with Crippen molar-refractivity contribution in [2.24, 2.45) is 0 Å². The molecule has 0 aromatic heterocycles. The molecule has 0 saturated heterocycles. The molecule has 0 aromatic carbocycles. The second-order valence-electron chi connectivity index (χ2n) is 2.85. The SMILES string of the molecule is COC(=O)/C=C/NCCC(=O)N(C)C.